The highest BCUT2D eigenvalue weighted by Crippen LogP contribution is 2.12. The van der Waals surface area contributed by atoms with Gasteiger partial charge < -0.3 is 15.8 Å². The van der Waals surface area contributed by atoms with Gasteiger partial charge in [0.2, 0.25) is 11.8 Å². The molecule has 0 amide bonds. The van der Waals surface area contributed by atoms with Crippen LogP contribution in [0.25, 0.3) is 0 Å². The maximum Gasteiger partial charge on any atom is 0.226 e. The van der Waals surface area contributed by atoms with E-state index in [4.69, 9.17) is 10.5 Å². The Morgan fingerprint density at radius 3 is 2.88 bits per heavy atom. The number of unbranched alkanes of at least 4 members (excludes halogenated alkanes) is 1. The van der Waals surface area contributed by atoms with Crippen molar-refractivity contribution in [2.75, 3.05) is 25.0 Å². The second-order valence-electron chi connectivity index (χ2n) is 3.94. The van der Waals surface area contributed by atoms with E-state index in [1.165, 1.54) is 0 Å². The van der Waals surface area contributed by atoms with E-state index in [-0.39, 0.29) is 0 Å². The number of nitrogens with two attached hydrogens (primary N) is 1. The number of hydrogen-bond acceptors (Lipinski definition) is 5. The normalized spacial score (nSPS) is 10.3. The minimum Gasteiger partial charge on any atom is -0.478 e. The molecule has 96 valence electrons. The lowest BCUT2D eigenvalue weighted by Crippen LogP contribution is -2.09. The van der Waals surface area contributed by atoms with Gasteiger partial charge in [0.05, 0.1) is 6.61 Å². The van der Waals surface area contributed by atoms with Crippen LogP contribution in [-0.4, -0.2) is 29.7 Å². The van der Waals surface area contributed by atoms with E-state index in [0.29, 0.717) is 18.4 Å². The largest absolute Gasteiger partial charge is 0.478 e. The lowest BCUT2D eigenvalue weighted by molar-refractivity contribution is 0.305. The predicted octanol–water partition coefficient (Wildman–Crippen LogP) is 1.72. The summed E-state index contributed by atoms with van der Waals surface area (Å²) in [5.74, 6) is 1.27. The van der Waals surface area contributed by atoms with Gasteiger partial charge in [0.15, 0.2) is 0 Å². The van der Waals surface area contributed by atoms with E-state index < -0.39 is 0 Å². The van der Waals surface area contributed by atoms with Crippen LogP contribution in [0.1, 0.15) is 31.9 Å². The molecule has 3 N–H and O–H groups in total. The van der Waals surface area contributed by atoms with E-state index in [2.05, 4.69) is 22.2 Å². The van der Waals surface area contributed by atoms with E-state index in [9.17, 15) is 0 Å². The molecule has 0 saturated heterocycles. The fourth-order valence-corrected chi connectivity index (χ4v) is 1.37. The fraction of sp³-hybridized carbons (Fsp3) is 0.667. The van der Waals surface area contributed by atoms with Crippen molar-refractivity contribution in [3.05, 3.63) is 11.8 Å². The molecule has 1 heterocycles. The van der Waals surface area contributed by atoms with E-state index in [0.717, 1.165) is 38.0 Å². The highest BCUT2D eigenvalue weighted by molar-refractivity contribution is 5.30. The molecule has 1 aromatic rings. The number of anilines is 1. The Balaban J connectivity index is 2.50. The van der Waals surface area contributed by atoms with Crippen molar-refractivity contribution >= 4 is 5.95 Å². The molecule has 0 unspecified atom stereocenters. The number of aromatic nitrogens is 2. The smallest absolute Gasteiger partial charge is 0.226 e. The van der Waals surface area contributed by atoms with Crippen LogP contribution in [0.2, 0.25) is 0 Å². The van der Waals surface area contributed by atoms with Crippen LogP contribution in [0.5, 0.6) is 5.88 Å². The fourth-order valence-electron chi connectivity index (χ4n) is 1.37. The Hall–Kier alpha value is -1.36. The first-order chi connectivity index (χ1) is 8.26. The van der Waals surface area contributed by atoms with E-state index in [1.54, 1.807) is 0 Å². The molecule has 0 aliphatic rings. The summed E-state index contributed by atoms with van der Waals surface area (Å²) in [6, 6.07) is 1.85. The van der Waals surface area contributed by atoms with Gasteiger partial charge in [-0.15, -0.1) is 0 Å². The highest BCUT2D eigenvalue weighted by Gasteiger charge is 2.02. The Labute approximate surface area is 103 Å². The summed E-state index contributed by atoms with van der Waals surface area (Å²) in [6.45, 7) is 6.25. The molecular formula is C12H22N4O. The van der Waals surface area contributed by atoms with Gasteiger partial charge in [-0.3, -0.25) is 0 Å². The average Bonchev–Trinajstić information content (AvgIpc) is 2.31. The van der Waals surface area contributed by atoms with Gasteiger partial charge in [-0.2, -0.15) is 4.98 Å². The van der Waals surface area contributed by atoms with Crippen molar-refractivity contribution in [1.82, 2.24) is 9.97 Å². The molecule has 5 heteroatoms. The second kappa shape index (κ2) is 7.84. The summed E-state index contributed by atoms with van der Waals surface area (Å²) in [5, 5.41) is 3.18. The minimum absolute atomic E-state index is 0.633. The summed E-state index contributed by atoms with van der Waals surface area (Å²) >= 11 is 0. The molecule has 0 radical (unpaired) electrons. The van der Waals surface area contributed by atoms with Gasteiger partial charge >= 0.3 is 0 Å². The Morgan fingerprint density at radius 1 is 1.35 bits per heavy atom. The molecule has 1 rings (SSSR count). The Morgan fingerprint density at radius 2 is 2.18 bits per heavy atom. The molecule has 0 fully saturated rings. The van der Waals surface area contributed by atoms with Crippen LogP contribution in [-0.2, 0) is 0 Å². The Kier molecular flexibility index (Phi) is 6.32. The average molecular weight is 238 g/mol. The van der Waals surface area contributed by atoms with Crippen LogP contribution >= 0.6 is 0 Å². The summed E-state index contributed by atoms with van der Waals surface area (Å²) in [7, 11) is 0. The monoisotopic (exact) mass is 238 g/mol. The first-order valence-corrected chi connectivity index (χ1v) is 6.18. The van der Waals surface area contributed by atoms with Crippen molar-refractivity contribution in [3.63, 3.8) is 0 Å². The van der Waals surface area contributed by atoms with Crippen molar-refractivity contribution in [2.45, 2.75) is 33.1 Å². The van der Waals surface area contributed by atoms with Gasteiger partial charge in [-0.05, 0) is 32.7 Å². The molecule has 0 aromatic carbocycles. The maximum absolute atomic E-state index is 5.49. The summed E-state index contributed by atoms with van der Waals surface area (Å²) in [4.78, 5) is 8.60. The molecule has 17 heavy (non-hydrogen) atoms. The van der Waals surface area contributed by atoms with Crippen LogP contribution in [0.15, 0.2) is 6.07 Å². The quantitative estimate of drug-likeness (QED) is 0.675. The third-order valence-corrected chi connectivity index (χ3v) is 2.20. The number of rotatable bonds is 8. The molecule has 0 atom stereocenters. The van der Waals surface area contributed by atoms with Crippen LogP contribution in [0.3, 0.4) is 0 Å². The standard InChI is InChI=1S/C12H22N4O/c1-3-8-17-11-9-10(2)15-12(16-11)14-7-5-4-6-13/h9H,3-8,13H2,1-2H3,(H,14,15,16). The molecule has 0 saturated carbocycles. The van der Waals surface area contributed by atoms with Gasteiger partial charge in [0.25, 0.3) is 0 Å². The Bertz CT molecular complexity index is 330. The zero-order chi connectivity index (χ0) is 12.5. The number of nitrogens with zero attached hydrogens (tertiary/aromatic N) is 2. The minimum atomic E-state index is 0.633. The van der Waals surface area contributed by atoms with Gasteiger partial charge in [0, 0.05) is 18.3 Å². The molecule has 0 spiro atoms. The summed E-state index contributed by atoms with van der Waals surface area (Å²) in [5.41, 5.74) is 6.34. The van der Waals surface area contributed by atoms with Gasteiger partial charge in [-0.1, -0.05) is 6.92 Å². The number of nitrogens with one attached hydrogen (secondary N) is 1. The van der Waals surface area contributed by atoms with Crippen LogP contribution in [0, 0.1) is 6.92 Å². The molecule has 0 aliphatic heterocycles. The number of ether oxygens (including phenoxy) is 1. The van der Waals surface area contributed by atoms with Crippen molar-refractivity contribution in [3.8, 4) is 5.88 Å². The molecule has 5 nitrogen and oxygen atoms in total. The van der Waals surface area contributed by atoms with Crippen LogP contribution < -0.4 is 15.8 Å². The first kappa shape index (κ1) is 13.7. The zero-order valence-electron chi connectivity index (χ0n) is 10.7. The predicted molar refractivity (Wildman–Crippen MR) is 69.3 cm³/mol. The number of hydrogen-bond donors (Lipinski definition) is 2. The molecule has 0 bridgehead atoms. The molecular weight excluding hydrogens is 216 g/mol. The van der Waals surface area contributed by atoms with Crippen molar-refractivity contribution in [2.24, 2.45) is 5.73 Å². The van der Waals surface area contributed by atoms with Gasteiger partial charge in [0.1, 0.15) is 0 Å². The maximum atomic E-state index is 5.49. The topological polar surface area (TPSA) is 73.1 Å². The SMILES string of the molecule is CCCOc1cc(C)nc(NCCCCN)n1. The van der Waals surface area contributed by atoms with Gasteiger partial charge in [-0.25, -0.2) is 4.98 Å². The number of aryl methyl sites for hydroxylation is 1. The first-order valence-electron chi connectivity index (χ1n) is 6.18. The molecule has 1 aromatic heterocycles. The van der Waals surface area contributed by atoms with Crippen molar-refractivity contribution < 1.29 is 4.74 Å². The lowest BCUT2D eigenvalue weighted by Gasteiger charge is -2.08. The van der Waals surface area contributed by atoms with Crippen molar-refractivity contribution in [1.29, 1.82) is 0 Å². The zero-order valence-corrected chi connectivity index (χ0v) is 10.7. The third-order valence-electron chi connectivity index (χ3n) is 2.20. The van der Waals surface area contributed by atoms with Crippen LogP contribution in [0.4, 0.5) is 5.95 Å². The summed E-state index contributed by atoms with van der Waals surface area (Å²) < 4.78 is 5.49. The third kappa shape index (κ3) is 5.49. The van der Waals surface area contributed by atoms with E-state index in [1.807, 2.05) is 13.0 Å². The second-order valence-corrected chi connectivity index (χ2v) is 3.94. The highest BCUT2D eigenvalue weighted by atomic mass is 16.5. The summed E-state index contributed by atoms with van der Waals surface area (Å²) in [6.07, 6.45) is 3.01. The molecule has 0 aliphatic carbocycles. The van der Waals surface area contributed by atoms with E-state index >= 15 is 0 Å². The lowest BCUT2D eigenvalue weighted by atomic mass is 10.3.